The first-order valence-electron chi connectivity index (χ1n) is 6.69. The minimum absolute atomic E-state index is 0.131. The van der Waals surface area contributed by atoms with E-state index in [-0.39, 0.29) is 19.8 Å². The smallest absolute Gasteiger partial charge is 0.327 e. The molecular weight excluding hydrogens is 248 g/mol. The fourth-order valence-electron chi connectivity index (χ4n) is 1.49. The van der Waals surface area contributed by atoms with Crippen molar-refractivity contribution in [3.8, 4) is 0 Å². The van der Waals surface area contributed by atoms with Crippen molar-refractivity contribution in [1.82, 2.24) is 0 Å². The largest absolute Gasteiger partial charge is 0.478 e. The van der Waals surface area contributed by atoms with Crippen LogP contribution in [0.4, 0.5) is 0 Å². The van der Waals surface area contributed by atoms with E-state index >= 15 is 0 Å². The Morgan fingerprint density at radius 3 is 1.79 bits per heavy atom. The van der Waals surface area contributed by atoms with Crippen molar-refractivity contribution in [2.75, 3.05) is 19.8 Å². The maximum absolute atomic E-state index is 9.25. The summed E-state index contributed by atoms with van der Waals surface area (Å²) in [6, 6.07) is 0. The third kappa shape index (κ3) is 11.9. The maximum atomic E-state index is 9.25. The number of carboxylic acid groups (broad SMARTS) is 1. The van der Waals surface area contributed by atoms with Crippen LogP contribution in [0.2, 0.25) is 0 Å². The van der Waals surface area contributed by atoms with Gasteiger partial charge in [0.15, 0.2) is 0 Å². The molecule has 0 atom stereocenters. The highest BCUT2D eigenvalue weighted by Gasteiger charge is 2.26. The van der Waals surface area contributed by atoms with E-state index in [0.29, 0.717) is 6.42 Å². The van der Waals surface area contributed by atoms with Crippen LogP contribution in [0.3, 0.4) is 0 Å². The Hall–Kier alpha value is -0.910. The number of hydrogen-bond acceptors (Lipinski definition) is 4. The Kier molecular flexibility index (Phi) is 14.5. The third-order valence-electron chi connectivity index (χ3n) is 2.99. The first-order valence-corrected chi connectivity index (χ1v) is 6.69. The molecule has 0 saturated heterocycles. The van der Waals surface area contributed by atoms with E-state index in [1.165, 1.54) is 19.3 Å². The minimum atomic E-state index is -0.981. The van der Waals surface area contributed by atoms with Crippen LogP contribution < -0.4 is 0 Å². The lowest BCUT2D eigenvalue weighted by atomic mass is 9.85. The molecule has 0 aliphatic heterocycles. The van der Waals surface area contributed by atoms with Gasteiger partial charge in [-0.05, 0) is 6.42 Å². The van der Waals surface area contributed by atoms with Gasteiger partial charge >= 0.3 is 5.97 Å². The summed E-state index contributed by atoms with van der Waals surface area (Å²) < 4.78 is 0. The van der Waals surface area contributed by atoms with E-state index in [0.717, 1.165) is 18.9 Å². The highest BCUT2D eigenvalue weighted by atomic mass is 16.4. The second-order valence-electron chi connectivity index (χ2n) is 4.68. The van der Waals surface area contributed by atoms with Crippen LogP contribution in [0.15, 0.2) is 12.7 Å². The minimum Gasteiger partial charge on any atom is -0.478 e. The van der Waals surface area contributed by atoms with Crippen LogP contribution in [0.25, 0.3) is 0 Å². The molecule has 0 aromatic heterocycles. The van der Waals surface area contributed by atoms with Crippen molar-refractivity contribution in [3.05, 3.63) is 12.7 Å². The molecule has 0 heterocycles. The zero-order chi connectivity index (χ0) is 15.1. The molecule has 114 valence electrons. The van der Waals surface area contributed by atoms with Crippen LogP contribution in [-0.2, 0) is 4.79 Å². The van der Waals surface area contributed by atoms with Gasteiger partial charge in [-0.2, -0.15) is 0 Å². The highest BCUT2D eigenvalue weighted by molar-refractivity contribution is 5.78. The number of aliphatic hydroxyl groups is 3. The third-order valence-corrected chi connectivity index (χ3v) is 2.99. The Labute approximate surface area is 115 Å². The molecule has 0 fully saturated rings. The molecule has 5 heteroatoms. The summed E-state index contributed by atoms with van der Waals surface area (Å²) >= 11 is 0. The summed E-state index contributed by atoms with van der Waals surface area (Å²) in [5, 5.41) is 34.8. The summed E-state index contributed by atoms with van der Waals surface area (Å²) in [7, 11) is 0. The lowest BCUT2D eigenvalue weighted by Gasteiger charge is -2.27. The average molecular weight is 276 g/mol. The molecule has 0 unspecified atom stereocenters. The molecule has 0 radical (unpaired) electrons. The van der Waals surface area contributed by atoms with Crippen molar-refractivity contribution in [1.29, 1.82) is 0 Å². The maximum Gasteiger partial charge on any atom is 0.327 e. The quantitative estimate of drug-likeness (QED) is 0.358. The lowest BCUT2D eigenvalue weighted by Crippen LogP contribution is -2.33. The molecule has 0 saturated carbocycles. The van der Waals surface area contributed by atoms with Crippen molar-refractivity contribution < 1.29 is 25.2 Å². The fraction of sp³-hybridized carbons (Fsp3) is 0.786. The Morgan fingerprint density at radius 1 is 1.05 bits per heavy atom. The van der Waals surface area contributed by atoms with Gasteiger partial charge in [-0.15, -0.1) is 0 Å². The average Bonchev–Trinajstić information content (AvgIpc) is 2.44. The monoisotopic (exact) mass is 276 g/mol. The normalized spacial score (nSPS) is 10.5. The zero-order valence-corrected chi connectivity index (χ0v) is 11.8. The Morgan fingerprint density at radius 2 is 1.47 bits per heavy atom. The molecule has 0 bridgehead atoms. The molecule has 0 aliphatic carbocycles. The van der Waals surface area contributed by atoms with Crippen LogP contribution >= 0.6 is 0 Å². The molecule has 4 N–H and O–H groups in total. The first kappa shape index (κ1) is 20.4. The van der Waals surface area contributed by atoms with Gasteiger partial charge in [0.2, 0.25) is 0 Å². The zero-order valence-electron chi connectivity index (χ0n) is 11.8. The van der Waals surface area contributed by atoms with Crippen molar-refractivity contribution in [2.45, 2.75) is 45.4 Å². The number of carbonyl (C=O) groups is 1. The summed E-state index contributed by atoms with van der Waals surface area (Å²) in [5.41, 5.74) is -0.661. The van der Waals surface area contributed by atoms with Crippen molar-refractivity contribution in [2.24, 2.45) is 5.41 Å². The summed E-state index contributed by atoms with van der Waals surface area (Å²) in [4.78, 5) is 9.25. The summed E-state index contributed by atoms with van der Waals surface area (Å²) in [6.45, 7) is 4.73. The van der Waals surface area contributed by atoms with Gasteiger partial charge < -0.3 is 20.4 Å². The van der Waals surface area contributed by atoms with Gasteiger partial charge in [-0.1, -0.05) is 45.6 Å². The van der Waals surface area contributed by atoms with Crippen LogP contribution in [0.5, 0.6) is 0 Å². The SMILES string of the molecule is C=CC(=O)O.CCCCCCCC(CO)(CO)CO. The Bertz CT molecular complexity index is 216. The molecule has 0 rings (SSSR count). The number of aliphatic carboxylic acids is 1. The van der Waals surface area contributed by atoms with Crippen molar-refractivity contribution in [3.63, 3.8) is 0 Å². The molecular formula is C14H28O5. The number of rotatable bonds is 10. The molecule has 19 heavy (non-hydrogen) atoms. The van der Waals surface area contributed by atoms with Gasteiger partial charge in [-0.25, -0.2) is 4.79 Å². The fourth-order valence-corrected chi connectivity index (χ4v) is 1.49. The van der Waals surface area contributed by atoms with Crippen LogP contribution in [0.1, 0.15) is 45.4 Å². The molecule has 0 aromatic carbocycles. The van der Waals surface area contributed by atoms with Gasteiger partial charge in [-0.3, -0.25) is 0 Å². The molecule has 0 aromatic rings. The number of unbranched alkanes of at least 4 members (excludes halogenated alkanes) is 4. The second kappa shape index (κ2) is 13.5. The molecule has 0 spiro atoms. The predicted octanol–water partition coefficient (Wildman–Crippen LogP) is 1.57. The van der Waals surface area contributed by atoms with Crippen LogP contribution in [0, 0.1) is 5.41 Å². The van der Waals surface area contributed by atoms with Crippen molar-refractivity contribution >= 4 is 5.97 Å². The topological polar surface area (TPSA) is 98.0 Å². The summed E-state index contributed by atoms with van der Waals surface area (Å²) in [5.74, 6) is -0.981. The number of carboxylic acids is 1. The summed E-state index contributed by atoms with van der Waals surface area (Å²) in [6.07, 6.45) is 7.29. The standard InChI is InChI=1S/C11H24O3.C3H4O2/c1-2-3-4-5-6-7-11(8-12,9-13)10-14;1-2-3(4)5/h12-14H,2-10H2,1H3;2H,1H2,(H,4,5). The van der Waals surface area contributed by atoms with E-state index in [4.69, 9.17) is 20.4 Å². The van der Waals surface area contributed by atoms with E-state index in [1.807, 2.05) is 0 Å². The molecule has 0 amide bonds. The van der Waals surface area contributed by atoms with Gasteiger partial charge in [0.05, 0.1) is 19.8 Å². The van der Waals surface area contributed by atoms with E-state index < -0.39 is 11.4 Å². The van der Waals surface area contributed by atoms with E-state index in [2.05, 4.69) is 13.5 Å². The molecule has 0 aliphatic rings. The highest BCUT2D eigenvalue weighted by Crippen LogP contribution is 2.23. The van der Waals surface area contributed by atoms with E-state index in [1.54, 1.807) is 0 Å². The Balaban J connectivity index is 0. The van der Waals surface area contributed by atoms with E-state index in [9.17, 15) is 4.79 Å². The number of hydrogen-bond donors (Lipinski definition) is 4. The second-order valence-corrected chi connectivity index (χ2v) is 4.68. The predicted molar refractivity (Wildman–Crippen MR) is 74.9 cm³/mol. The van der Waals surface area contributed by atoms with Gasteiger partial charge in [0, 0.05) is 11.5 Å². The van der Waals surface area contributed by atoms with Crippen LogP contribution in [-0.4, -0.2) is 46.2 Å². The lowest BCUT2D eigenvalue weighted by molar-refractivity contribution is -0.131. The van der Waals surface area contributed by atoms with Gasteiger partial charge in [0.1, 0.15) is 0 Å². The van der Waals surface area contributed by atoms with Gasteiger partial charge in [0.25, 0.3) is 0 Å². The first-order chi connectivity index (χ1) is 9.01. The molecule has 5 nitrogen and oxygen atoms in total. The number of aliphatic hydroxyl groups excluding tert-OH is 3.